The molecule has 1 aromatic rings. The molecule has 2 nitrogen and oxygen atoms in total. The molecule has 1 fully saturated rings. The maximum atomic E-state index is 10.7. The molecular formula is C12H14O2. The number of phenols is 1. The number of benzene rings is 1. The number of aldehydes is 1. The van der Waals surface area contributed by atoms with Gasteiger partial charge in [0, 0.05) is 11.3 Å². The summed E-state index contributed by atoms with van der Waals surface area (Å²) in [4.78, 5) is 10.7. The lowest BCUT2D eigenvalue weighted by atomic mass is 9.91. The summed E-state index contributed by atoms with van der Waals surface area (Å²) in [5.74, 6) is 0.459. The summed E-state index contributed by atoms with van der Waals surface area (Å²) < 4.78 is 0. The minimum Gasteiger partial charge on any atom is -0.508 e. The number of phenolic OH excluding ortho intramolecular Hbond substituents is 1. The molecule has 2 unspecified atom stereocenters. The minimum absolute atomic E-state index is 0.0649. The van der Waals surface area contributed by atoms with Crippen LogP contribution < -0.4 is 0 Å². The SMILES string of the molecule is CCC1(c2ccc(O)cc2)CC1C=O. The molecule has 2 atom stereocenters. The number of aromatic hydroxyl groups is 1. The van der Waals surface area contributed by atoms with Crippen molar-refractivity contribution in [1.82, 2.24) is 0 Å². The van der Waals surface area contributed by atoms with Crippen molar-refractivity contribution in [1.29, 1.82) is 0 Å². The van der Waals surface area contributed by atoms with Crippen LogP contribution in [0.15, 0.2) is 24.3 Å². The Hall–Kier alpha value is -1.31. The Kier molecular flexibility index (Phi) is 2.06. The van der Waals surface area contributed by atoms with E-state index in [2.05, 4.69) is 6.92 Å². The summed E-state index contributed by atoms with van der Waals surface area (Å²) >= 11 is 0. The Bertz CT molecular complexity index is 342. The standard InChI is InChI=1S/C12H14O2/c1-2-12(7-10(12)8-13)9-3-5-11(14)6-4-9/h3-6,8,10,14H,2,7H2,1H3. The van der Waals surface area contributed by atoms with Crippen molar-refractivity contribution in [2.24, 2.45) is 5.92 Å². The zero-order valence-corrected chi connectivity index (χ0v) is 8.23. The summed E-state index contributed by atoms with van der Waals surface area (Å²) in [7, 11) is 0. The molecule has 0 amide bonds. The molecule has 2 heteroatoms. The van der Waals surface area contributed by atoms with Crippen LogP contribution in [0.5, 0.6) is 5.75 Å². The molecule has 74 valence electrons. The van der Waals surface area contributed by atoms with Crippen molar-refractivity contribution < 1.29 is 9.90 Å². The van der Waals surface area contributed by atoms with E-state index in [1.807, 2.05) is 12.1 Å². The number of rotatable bonds is 3. The van der Waals surface area contributed by atoms with E-state index in [0.717, 1.165) is 19.1 Å². The van der Waals surface area contributed by atoms with Gasteiger partial charge in [-0.15, -0.1) is 0 Å². The largest absolute Gasteiger partial charge is 0.508 e. The maximum Gasteiger partial charge on any atom is 0.123 e. The van der Waals surface area contributed by atoms with Gasteiger partial charge in [0.1, 0.15) is 12.0 Å². The molecular weight excluding hydrogens is 176 g/mol. The van der Waals surface area contributed by atoms with Crippen LogP contribution >= 0.6 is 0 Å². The fraction of sp³-hybridized carbons (Fsp3) is 0.417. The minimum atomic E-state index is 0.0649. The molecule has 0 aromatic heterocycles. The zero-order chi connectivity index (χ0) is 10.2. The van der Waals surface area contributed by atoms with Gasteiger partial charge < -0.3 is 9.90 Å². The molecule has 1 aliphatic carbocycles. The molecule has 0 spiro atoms. The van der Waals surface area contributed by atoms with Crippen LogP contribution in [0.4, 0.5) is 0 Å². The third-order valence-corrected chi connectivity index (χ3v) is 3.37. The number of hydrogen-bond donors (Lipinski definition) is 1. The van der Waals surface area contributed by atoms with E-state index in [-0.39, 0.29) is 17.1 Å². The quantitative estimate of drug-likeness (QED) is 0.742. The molecule has 0 radical (unpaired) electrons. The third-order valence-electron chi connectivity index (χ3n) is 3.37. The Morgan fingerprint density at radius 1 is 1.50 bits per heavy atom. The second-order valence-corrected chi connectivity index (χ2v) is 4.00. The number of hydrogen-bond acceptors (Lipinski definition) is 2. The van der Waals surface area contributed by atoms with E-state index in [4.69, 9.17) is 5.11 Å². The third kappa shape index (κ3) is 1.22. The Labute approximate surface area is 83.6 Å². The second-order valence-electron chi connectivity index (χ2n) is 4.00. The van der Waals surface area contributed by atoms with E-state index < -0.39 is 0 Å². The summed E-state index contributed by atoms with van der Waals surface area (Å²) in [5.41, 5.74) is 1.24. The van der Waals surface area contributed by atoms with Crippen molar-refractivity contribution in [3.63, 3.8) is 0 Å². The Balaban J connectivity index is 2.30. The van der Waals surface area contributed by atoms with Crippen LogP contribution in [0, 0.1) is 5.92 Å². The molecule has 0 saturated heterocycles. The van der Waals surface area contributed by atoms with Gasteiger partial charge in [-0.25, -0.2) is 0 Å². The highest BCUT2D eigenvalue weighted by Crippen LogP contribution is 2.55. The highest BCUT2D eigenvalue weighted by Gasteiger charge is 2.53. The van der Waals surface area contributed by atoms with Gasteiger partial charge >= 0.3 is 0 Å². The predicted molar refractivity (Wildman–Crippen MR) is 54.2 cm³/mol. The van der Waals surface area contributed by atoms with Crippen LogP contribution in [0.25, 0.3) is 0 Å². The van der Waals surface area contributed by atoms with E-state index in [1.54, 1.807) is 12.1 Å². The molecule has 0 bridgehead atoms. The fourth-order valence-corrected chi connectivity index (χ4v) is 2.25. The second kappa shape index (κ2) is 3.12. The Morgan fingerprint density at radius 3 is 2.57 bits per heavy atom. The highest BCUT2D eigenvalue weighted by atomic mass is 16.3. The van der Waals surface area contributed by atoms with Gasteiger partial charge in [0.25, 0.3) is 0 Å². The molecule has 2 rings (SSSR count). The summed E-state index contributed by atoms with van der Waals surface area (Å²) in [5, 5.41) is 9.17. The van der Waals surface area contributed by atoms with E-state index in [0.29, 0.717) is 0 Å². The fourth-order valence-electron chi connectivity index (χ4n) is 2.25. The van der Waals surface area contributed by atoms with Crippen molar-refractivity contribution in [2.75, 3.05) is 0 Å². The molecule has 1 N–H and O–H groups in total. The Morgan fingerprint density at radius 2 is 2.14 bits per heavy atom. The summed E-state index contributed by atoms with van der Waals surface area (Å²) in [6, 6.07) is 7.21. The van der Waals surface area contributed by atoms with Crippen LogP contribution in [0.2, 0.25) is 0 Å². The van der Waals surface area contributed by atoms with Crippen LogP contribution in [-0.2, 0) is 10.2 Å². The first-order chi connectivity index (χ1) is 6.73. The first kappa shape index (κ1) is 9.25. The molecule has 0 heterocycles. The first-order valence-corrected chi connectivity index (χ1v) is 4.98. The zero-order valence-electron chi connectivity index (χ0n) is 8.23. The van der Waals surface area contributed by atoms with Crippen molar-refractivity contribution in [2.45, 2.75) is 25.2 Å². The molecule has 14 heavy (non-hydrogen) atoms. The van der Waals surface area contributed by atoms with Gasteiger partial charge in [-0.3, -0.25) is 0 Å². The molecule has 1 aliphatic rings. The first-order valence-electron chi connectivity index (χ1n) is 4.98. The van der Waals surface area contributed by atoms with Gasteiger partial charge in [-0.05, 0) is 30.5 Å². The molecule has 1 saturated carbocycles. The lowest BCUT2D eigenvalue weighted by Crippen LogP contribution is -2.08. The lowest BCUT2D eigenvalue weighted by molar-refractivity contribution is -0.109. The molecule has 0 aliphatic heterocycles. The van der Waals surface area contributed by atoms with Crippen LogP contribution in [-0.4, -0.2) is 11.4 Å². The van der Waals surface area contributed by atoms with Crippen LogP contribution in [0.3, 0.4) is 0 Å². The lowest BCUT2D eigenvalue weighted by Gasteiger charge is -2.13. The van der Waals surface area contributed by atoms with Gasteiger partial charge in [-0.2, -0.15) is 0 Å². The van der Waals surface area contributed by atoms with Gasteiger partial charge in [-0.1, -0.05) is 19.1 Å². The number of carbonyl (C=O) groups excluding carboxylic acids is 1. The monoisotopic (exact) mass is 190 g/mol. The van der Waals surface area contributed by atoms with Gasteiger partial charge in [0.05, 0.1) is 0 Å². The summed E-state index contributed by atoms with van der Waals surface area (Å²) in [6.07, 6.45) is 3.00. The maximum absolute atomic E-state index is 10.7. The van der Waals surface area contributed by atoms with Crippen molar-refractivity contribution in [3.8, 4) is 5.75 Å². The van der Waals surface area contributed by atoms with E-state index >= 15 is 0 Å². The summed E-state index contributed by atoms with van der Waals surface area (Å²) in [6.45, 7) is 2.11. The van der Waals surface area contributed by atoms with E-state index in [1.165, 1.54) is 5.56 Å². The van der Waals surface area contributed by atoms with Crippen molar-refractivity contribution in [3.05, 3.63) is 29.8 Å². The average Bonchev–Trinajstić information content (AvgIpc) is 2.94. The predicted octanol–water partition coefficient (Wildman–Crippen LogP) is 2.26. The van der Waals surface area contributed by atoms with E-state index in [9.17, 15) is 4.79 Å². The smallest absolute Gasteiger partial charge is 0.123 e. The van der Waals surface area contributed by atoms with Gasteiger partial charge in [0.15, 0.2) is 0 Å². The number of carbonyl (C=O) groups is 1. The van der Waals surface area contributed by atoms with Gasteiger partial charge in [0.2, 0.25) is 0 Å². The average molecular weight is 190 g/mol. The topological polar surface area (TPSA) is 37.3 Å². The van der Waals surface area contributed by atoms with Crippen molar-refractivity contribution >= 4 is 6.29 Å². The van der Waals surface area contributed by atoms with Crippen LogP contribution in [0.1, 0.15) is 25.3 Å². The normalized spacial score (nSPS) is 29.9. The highest BCUT2D eigenvalue weighted by molar-refractivity contribution is 5.64. The molecule has 1 aromatic carbocycles.